The van der Waals surface area contributed by atoms with Gasteiger partial charge in [0.2, 0.25) is 21.8 Å². The second-order valence-electron chi connectivity index (χ2n) is 7.78. The second-order valence-corrected chi connectivity index (χ2v) is 10.3. The van der Waals surface area contributed by atoms with Crippen molar-refractivity contribution in [2.24, 2.45) is 5.14 Å². The van der Waals surface area contributed by atoms with Gasteiger partial charge in [-0.1, -0.05) is 0 Å². The molecule has 1 aliphatic heterocycles. The normalized spacial score (nSPS) is 16.9. The van der Waals surface area contributed by atoms with Crippen LogP contribution in [0.2, 0.25) is 0 Å². The quantitative estimate of drug-likeness (QED) is 0.399. The van der Waals surface area contributed by atoms with E-state index < -0.39 is 32.2 Å². The van der Waals surface area contributed by atoms with Gasteiger partial charge in [-0.2, -0.15) is 0 Å². The van der Waals surface area contributed by atoms with E-state index in [0.29, 0.717) is 11.6 Å². The third-order valence-electron chi connectivity index (χ3n) is 4.15. The minimum absolute atomic E-state index is 0.00789. The molecular formula is C17H25N5O6S2. The Morgan fingerprint density at radius 2 is 2.03 bits per heavy atom. The van der Waals surface area contributed by atoms with Crippen molar-refractivity contribution >= 4 is 45.0 Å². The van der Waals surface area contributed by atoms with Gasteiger partial charge in [0, 0.05) is 30.3 Å². The molecule has 1 aliphatic rings. The van der Waals surface area contributed by atoms with Gasteiger partial charge < -0.3 is 15.5 Å². The minimum Gasteiger partial charge on any atom is -0.379 e. The number of carbonyl (C=O) groups is 2. The highest BCUT2D eigenvalue weighted by atomic mass is 32.2. The van der Waals surface area contributed by atoms with Crippen LogP contribution in [0.1, 0.15) is 27.2 Å². The summed E-state index contributed by atoms with van der Waals surface area (Å²) in [6, 6.07) is 2.68. The lowest BCUT2D eigenvalue weighted by molar-refractivity contribution is -0.384. The van der Waals surface area contributed by atoms with Crippen molar-refractivity contribution in [3.63, 3.8) is 0 Å². The van der Waals surface area contributed by atoms with E-state index in [-0.39, 0.29) is 35.4 Å². The zero-order chi connectivity index (χ0) is 22.7. The van der Waals surface area contributed by atoms with E-state index >= 15 is 0 Å². The van der Waals surface area contributed by atoms with Gasteiger partial charge in [0.1, 0.15) is 11.7 Å². The molecule has 1 saturated heterocycles. The molecule has 2 amide bonds. The van der Waals surface area contributed by atoms with E-state index in [0.717, 1.165) is 12.1 Å². The van der Waals surface area contributed by atoms with Crippen molar-refractivity contribution in [2.45, 2.75) is 43.7 Å². The Morgan fingerprint density at radius 1 is 1.37 bits per heavy atom. The van der Waals surface area contributed by atoms with Crippen molar-refractivity contribution in [3.05, 3.63) is 28.3 Å². The number of hydrogen-bond donors (Lipinski definition) is 3. The van der Waals surface area contributed by atoms with Crippen molar-refractivity contribution < 1.29 is 22.9 Å². The van der Waals surface area contributed by atoms with Crippen LogP contribution in [0.15, 0.2) is 23.1 Å². The lowest BCUT2D eigenvalue weighted by atomic mass is 10.1. The van der Waals surface area contributed by atoms with Crippen LogP contribution in [0.3, 0.4) is 0 Å². The third-order valence-corrected chi connectivity index (χ3v) is 6.08. The molecule has 0 aliphatic carbocycles. The van der Waals surface area contributed by atoms with E-state index in [9.17, 15) is 28.1 Å². The number of benzene rings is 1. The van der Waals surface area contributed by atoms with Gasteiger partial charge in [-0.15, -0.1) is 11.8 Å². The summed E-state index contributed by atoms with van der Waals surface area (Å²) in [6.45, 7) is 5.65. The number of nitrogens with two attached hydrogens (primary N) is 1. The fourth-order valence-corrected chi connectivity index (χ4v) is 4.51. The van der Waals surface area contributed by atoms with E-state index in [2.05, 4.69) is 10.6 Å². The Bertz CT molecular complexity index is 944. The number of nitro benzene ring substituents is 1. The lowest BCUT2D eigenvalue weighted by Gasteiger charge is -2.27. The number of nitrogens with zero attached hydrogens (tertiary/aromatic N) is 2. The van der Waals surface area contributed by atoms with E-state index in [4.69, 9.17) is 5.14 Å². The molecule has 0 radical (unpaired) electrons. The highest BCUT2D eigenvalue weighted by Gasteiger charge is 2.35. The van der Waals surface area contributed by atoms with Crippen LogP contribution in [0, 0.1) is 10.1 Å². The average Bonchev–Trinajstić information content (AvgIpc) is 3.09. The van der Waals surface area contributed by atoms with E-state index in [1.807, 2.05) is 20.8 Å². The summed E-state index contributed by atoms with van der Waals surface area (Å²) in [7, 11) is -4.08. The predicted molar refractivity (Wildman–Crippen MR) is 113 cm³/mol. The number of hydrogen-bond acceptors (Lipinski definition) is 8. The molecule has 13 heteroatoms. The molecule has 1 heterocycles. The predicted octanol–water partition coefficient (Wildman–Crippen LogP) is 0.860. The molecule has 2 rings (SSSR count). The van der Waals surface area contributed by atoms with Crippen LogP contribution < -0.4 is 15.8 Å². The van der Waals surface area contributed by atoms with Crippen LogP contribution in [-0.4, -0.2) is 59.8 Å². The summed E-state index contributed by atoms with van der Waals surface area (Å²) in [5, 5.41) is 21.9. The molecule has 0 aromatic heterocycles. The Labute approximate surface area is 178 Å². The number of nitro groups is 1. The van der Waals surface area contributed by atoms with Crippen molar-refractivity contribution in [1.29, 1.82) is 0 Å². The van der Waals surface area contributed by atoms with Crippen LogP contribution in [0.25, 0.3) is 0 Å². The number of sulfonamides is 1. The van der Waals surface area contributed by atoms with Crippen LogP contribution >= 0.6 is 11.8 Å². The summed E-state index contributed by atoms with van der Waals surface area (Å²) in [6.07, 6.45) is 0.00789. The van der Waals surface area contributed by atoms with Crippen molar-refractivity contribution in [1.82, 2.24) is 10.2 Å². The smallest absolute Gasteiger partial charge is 0.293 e. The van der Waals surface area contributed by atoms with Crippen molar-refractivity contribution in [3.8, 4) is 0 Å². The zero-order valence-corrected chi connectivity index (χ0v) is 18.5. The maximum Gasteiger partial charge on any atom is 0.293 e. The number of amides is 2. The number of primary sulfonamides is 1. The Morgan fingerprint density at radius 3 is 2.60 bits per heavy atom. The fraction of sp³-hybridized carbons (Fsp3) is 0.529. The molecule has 1 unspecified atom stereocenters. The van der Waals surface area contributed by atoms with Crippen LogP contribution in [0.4, 0.5) is 11.4 Å². The molecule has 1 aromatic rings. The first-order valence-corrected chi connectivity index (χ1v) is 11.7. The topological polar surface area (TPSA) is 165 Å². The van der Waals surface area contributed by atoms with E-state index in [1.165, 1.54) is 22.7 Å². The summed E-state index contributed by atoms with van der Waals surface area (Å²) >= 11 is 1.48. The number of anilines is 1. The van der Waals surface area contributed by atoms with Gasteiger partial charge in [0.15, 0.2) is 0 Å². The standard InChI is InChI=1S/C17H25N5O6S2/c1-17(2,3)20-16(24)14-9-29-10-21(14)15(23)6-7-19-12-5-4-11(30(18,27)28)8-13(12)22(25)26/h4-5,8,14,19H,6-7,9-10H2,1-3H3,(H,20,24)(H2,18,27,28). The van der Waals surface area contributed by atoms with Gasteiger partial charge in [-0.25, -0.2) is 13.6 Å². The Balaban J connectivity index is 2.02. The highest BCUT2D eigenvalue weighted by molar-refractivity contribution is 7.99. The highest BCUT2D eigenvalue weighted by Crippen LogP contribution is 2.27. The van der Waals surface area contributed by atoms with E-state index in [1.54, 1.807) is 0 Å². The summed E-state index contributed by atoms with van der Waals surface area (Å²) in [5.74, 6) is 0.416. The van der Waals surface area contributed by atoms with Gasteiger partial charge in [-0.05, 0) is 32.9 Å². The summed E-state index contributed by atoms with van der Waals surface area (Å²) in [4.78, 5) is 36.6. The summed E-state index contributed by atoms with van der Waals surface area (Å²) < 4.78 is 22.8. The third kappa shape index (κ3) is 6.31. The molecule has 0 bridgehead atoms. The number of thioether (sulfide) groups is 1. The van der Waals surface area contributed by atoms with Gasteiger partial charge in [0.25, 0.3) is 5.69 Å². The van der Waals surface area contributed by atoms with Crippen LogP contribution in [0.5, 0.6) is 0 Å². The lowest BCUT2D eigenvalue weighted by Crippen LogP contribution is -2.52. The molecule has 0 spiro atoms. The average molecular weight is 460 g/mol. The van der Waals surface area contributed by atoms with Crippen molar-refractivity contribution in [2.75, 3.05) is 23.5 Å². The maximum absolute atomic E-state index is 12.6. The molecule has 0 saturated carbocycles. The molecule has 11 nitrogen and oxygen atoms in total. The van der Waals surface area contributed by atoms with Gasteiger partial charge in [0.05, 0.1) is 15.7 Å². The second kappa shape index (κ2) is 9.18. The molecule has 4 N–H and O–H groups in total. The molecule has 166 valence electrons. The number of rotatable bonds is 7. The van der Waals surface area contributed by atoms with Crippen LogP contribution in [-0.2, 0) is 19.6 Å². The Kier molecular flexibility index (Phi) is 7.31. The monoisotopic (exact) mass is 459 g/mol. The summed E-state index contributed by atoms with van der Waals surface area (Å²) in [5.41, 5.74) is -0.811. The largest absolute Gasteiger partial charge is 0.379 e. The first-order valence-electron chi connectivity index (χ1n) is 9.04. The number of nitrogens with one attached hydrogen (secondary N) is 2. The first-order chi connectivity index (χ1) is 13.8. The zero-order valence-electron chi connectivity index (χ0n) is 16.9. The Hall–Kier alpha value is -2.38. The molecule has 30 heavy (non-hydrogen) atoms. The van der Waals surface area contributed by atoms with Gasteiger partial charge >= 0.3 is 0 Å². The molecule has 1 atom stereocenters. The molecule has 1 fully saturated rings. The first kappa shape index (κ1) is 23.9. The minimum atomic E-state index is -4.08. The molecular weight excluding hydrogens is 434 g/mol. The SMILES string of the molecule is CC(C)(C)NC(=O)C1CSCN1C(=O)CCNc1ccc(S(N)(=O)=O)cc1[N+](=O)[O-]. The van der Waals surface area contributed by atoms with Gasteiger partial charge in [-0.3, -0.25) is 19.7 Å². The maximum atomic E-state index is 12.6. The molecule has 1 aromatic carbocycles. The number of carbonyl (C=O) groups excluding carboxylic acids is 2. The fourth-order valence-electron chi connectivity index (χ4n) is 2.80.